The van der Waals surface area contributed by atoms with Crippen molar-refractivity contribution in [1.82, 2.24) is 4.98 Å². The summed E-state index contributed by atoms with van der Waals surface area (Å²) < 4.78 is 5.08. The number of carbonyl (C=O) groups excluding carboxylic acids is 2. The number of non-ortho nitro benzene ring substituents is 1. The first-order chi connectivity index (χ1) is 11.4. The first kappa shape index (κ1) is 17.1. The molecule has 1 unspecified atom stereocenters. The third-order valence-electron chi connectivity index (χ3n) is 3.26. The zero-order valence-electron chi connectivity index (χ0n) is 13.1. The predicted molar refractivity (Wildman–Crippen MR) is 85.6 cm³/mol. The van der Waals surface area contributed by atoms with Crippen molar-refractivity contribution in [1.29, 1.82) is 0 Å². The molecule has 0 saturated carbocycles. The highest BCUT2D eigenvalue weighted by Gasteiger charge is 2.20. The van der Waals surface area contributed by atoms with Gasteiger partial charge in [0.1, 0.15) is 0 Å². The number of aryl methyl sites for hydroxylation is 1. The van der Waals surface area contributed by atoms with Crippen LogP contribution in [0.2, 0.25) is 0 Å². The number of nitro benzene ring substituents is 1. The van der Waals surface area contributed by atoms with Gasteiger partial charge in [-0.15, -0.1) is 0 Å². The number of esters is 1. The normalized spacial score (nSPS) is 11.4. The summed E-state index contributed by atoms with van der Waals surface area (Å²) in [5, 5.41) is 13.3. The van der Waals surface area contributed by atoms with Crippen molar-refractivity contribution >= 4 is 23.3 Å². The van der Waals surface area contributed by atoms with Gasteiger partial charge in [-0.3, -0.25) is 19.9 Å². The van der Waals surface area contributed by atoms with Crippen LogP contribution in [0.5, 0.6) is 0 Å². The fourth-order valence-corrected chi connectivity index (χ4v) is 1.86. The minimum absolute atomic E-state index is 0.141. The molecular formula is C16H15N3O5. The lowest BCUT2D eigenvalue weighted by Crippen LogP contribution is -2.30. The largest absolute Gasteiger partial charge is 0.449 e. The average molecular weight is 329 g/mol. The summed E-state index contributed by atoms with van der Waals surface area (Å²) >= 11 is 0. The van der Waals surface area contributed by atoms with Gasteiger partial charge in [-0.2, -0.15) is 0 Å². The van der Waals surface area contributed by atoms with Crippen molar-refractivity contribution in [3.63, 3.8) is 0 Å². The van der Waals surface area contributed by atoms with Crippen LogP contribution in [-0.2, 0) is 9.53 Å². The Hall–Kier alpha value is -3.29. The van der Waals surface area contributed by atoms with E-state index in [1.165, 1.54) is 49.6 Å². The molecule has 124 valence electrons. The summed E-state index contributed by atoms with van der Waals surface area (Å²) in [5.74, 6) is -1.24. The van der Waals surface area contributed by atoms with Crippen LogP contribution in [0.15, 0.2) is 42.7 Å². The molecule has 1 atom stereocenters. The second-order valence-corrected chi connectivity index (χ2v) is 5.03. The number of nitro groups is 1. The quantitative estimate of drug-likeness (QED) is 0.512. The third kappa shape index (κ3) is 4.13. The fourth-order valence-electron chi connectivity index (χ4n) is 1.86. The van der Waals surface area contributed by atoms with E-state index in [4.69, 9.17) is 4.74 Å². The van der Waals surface area contributed by atoms with Gasteiger partial charge < -0.3 is 10.1 Å². The van der Waals surface area contributed by atoms with Gasteiger partial charge in [0.2, 0.25) is 0 Å². The van der Waals surface area contributed by atoms with Gasteiger partial charge in [-0.05, 0) is 31.5 Å². The van der Waals surface area contributed by atoms with Crippen molar-refractivity contribution in [3.05, 3.63) is 64.0 Å². The van der Waals surface area contributed by atoms with Gasteiger partial charge in [0.15, 0.2) is 6.10 Å². The number of benzene rings is 1. The first-order valence-corrected chi connectivity index (χ1v) is 7.05. The SMILES string of the molecule is Cc1ccc([N+](=O)[O-])cc1NC(=O)C(C)OC(=O)c1ccncc1. The molecule has 2 rings (SSSR count). The molecule has 0 saturated heterocycles. The molecule has 0 spiro atoms. The van der Waals surface area contributed by atoms with E-state index >= 15 is 0 Å². The van der Waals surface area contributed by atoms with E-state index in [2.05, 4.69) is 10.3 Å². The number of amides is 1. The Morgan fingerprint density at radius 1 is 1.25 bits per heavy atom. The van der Waals surface area contributed by atoms with Crippen molar-refractivity contribution in [2.75, 3.05) is 5.32 Å². The summed E-state index contributed by atoms with van der Waals surface area (Å²) in [6, 6.07) is 7.07. The van der Waals surface area contributed by atoms with Gasteiger partial charge >= 0.3 is 5.97 Å². The second-order valence-electron chi connectivity index (χ2n) is 5.03. The lowest BCUT2D eigenvalue weighted by molar-refractivity contribution is -0.384. The maximum absolute atomic E-state index is 12.1. The van der Waals surface area contributed by atoms with E-state index in [0.717, 1.165) is 0 Å². The zero-order chi connectivity index (χ0) is 17.7. The predicted octanol–water partition coefficient (Wildman–Crippen LogP) is 2.48. The molecule has 1 heterocycles. The van der Waals surface area contributed by atoms with E-state index in [0.29, 0.717) is 11.3 Å². The molecule has 8 heteroatoms. The number of aromatic nitrogens is 1. The van der Waals surface area contributed by atoms with Gasteiger partial charge in [-0.1, -0.05) is 6.07 Å². The maximum atomic E-state index is 12.1. The first-order valence-electron chi connectivity index (χ1n) is 7.05. The van der Waals surface area contributed by atoms with Gasteiger partial charge in [0.25, 0.3) is 11.6 Å². The van der Waals surface area contributed by atoms with Crippen LogP contribution in [0.25, 0.3) is 0 Å². The van der Waals surface area contributed by atoms with E-state index in [9.17, 15) is 19.7 Å². The van der Waals surface area contributed by atoms with Gasteiger partial charge in [0, 0.05) is 24.5 Å². The Labute approximate surface area is 137 Å². The molecule has 8 nitrogen and oxygen atoms in total. The lowest BCUT2D eigenvalue weighted by atomic mass is 10.1. The molecular weight excluding hydrogens is 314 g/mol. The molecule has 24 heavy (non-hydrogen) atoms. The number of nitrogens with zero attached hydrogens (tertiary/aromatic N) is 2. The fraction of sp³-hybridized carbons (Fsp3) is 0.188. The smallest absolute Gasteiger partial charge is 0.339 e. The Morgan fingerprint density at radius 3 is 2.54 bits per heavy atom. The van der Waals surface area contributed by atoms with Crippen molar-refractivity contribution in [2.24, 2.45) is 0 Å². The molecule has 1 aromatic heterocycles. The van der Waals surface area contributed by atoms with Crippen molar-refractivity contribution < 1.29 is 19.2 Å². The van der Waals surface area contributed by atoms with Gasteiger partial charge in [0.05, 0.1) is 16.2 Å². The monoisotopic (exact) mass is 329 g/mol. The van der Waals surface area contributed by atoms with E-state index in [-0.39, 0.29) is 11.3 Å². The summed E-state index contributed by atoms with van der Waals surface area (Å²) in [6.07, 6.45) is 1.81. The number of carbonyl (C=O) groups is 2. The number of hydrogen-bond acceptors (Lipinski definition) is 6. The maximum Gasteiger partial charge on any atom is 0.339 e. The topological polar surface area (TPSA) is 111 Å². The van der Waals surface area contributed by atoms with Crippen molar-refractivity contribution in [3.8, 4) is 0 Å². The Kier molecular flexibility index (Phi) is 5.20. The number of nitrogens with one attached hydrogen (secondary N) is 1. The van der Waals surface area contributed by atoms with Crippen LogP contribution >= 0.6 is 0 Å². The Morgan fingerprint density at radius 2 is 1.92 bits per heavy atom. The highest BCUT2D eigenvalue weighted by molar-refractivity contribution is 5.97. The summed E-state index contributed by atoms with van der Waals surface area (Å²) in [4.78, 5) is 38.1. The number of anilines is 1. The summed E-state index contributed by atoms with van der Waals surface area (Å²) in [7, 11) is 0. The van der Waals surface area contributed by atoms with Crippen LogP contribution < -0.4 is 5.32 Å². The second kappa shape index (κ2) is 7.32. The summed E-state index contributed by atoms with van der Waals surface area (Å²) in [6.45, 7) is 3.12. The molecule has 0 aliphatic rings. The summed E-state index contributed by atoms with van der Waals surface area (Å²) in [5.41, 5.74) is 1.08. The standard InChI is InChI=1S/C16H15N3O5/c1-10-3-4-13(19(22)23)9-14(10)18-15(20)11(2)24-16(21)12-5-7-17-8-6-12/h3-9,11H,1-2H3,(H,18,20). The molecule has 1 N–H and O–H groups in total. The Bertz CT molecular complexity index is 777. The van der Waals surface area contributed by atoms with E-state index in [1.807, 2.05) is 0 Å². The average Bonchev–Trinajstić information content (AvgIpc) is 2.57. The number of hydrogen-bond donors (Lipinski definition) is 1. The molecule has 0 fully saturated rings. The Balaban J connectivity index is 2.05. The molecule has 0 aliphatic carbocycles. The third-order valence-corrected chi connectivity index (χ3v) is 3.26. The number of pyridine rings is 1. The molecule has 0 aliphatic heterocycles. The molecule has 0 bridgehead atoms. The minimum atomic E-state index is -1.07. The minimum Gasteiger partial charge on any atom is -0.449 e. The van der Waals surface area contributed by atoms with E-state index in [1.54, 1.807) is 6.92 Å². The molecule has 2 aromatic rings. The zero-order valence-corrected chi connectivity index (χ0v) is 13.1. The molecule has 1 aromatic carbocycles. The van der Waals surface area contributed by atoms with Crippen LogP contribution in [0, 0.1) is 17.0 Å². The van der Waals surface area contributed by atoms with Crippen LogP contribution in [0.4, 0.5) is 11.4 Å². The molecule has 0 radical (unpaired) electrons. The number of rotatable bonds is 5. The van der Waals surface area contributed by atoms with Crippen molar-refractivity contribution in [2.45, 2.75) is 20.0 Å². The lowest BCUT2D eigenvalue weighted by Gasteiger charge is -2.14. The van der Waals surface area contributed by atoms with Crippen LogP contribution in [0.3, 0.4) is 0 Å². The van der Waals surface area contributed by atoms with Crippen LogP contribution in [0.1, 0.15) is 22.8 Å². The number of ether oxygens (including phenoxy) is 1. The van der Waals surface area contributed by atoms with Crippen LogP contribution in [-0.4, -0.2) is 27.9 Å². The highest BCUT2D eigenvalue weighted by atomic mass is 16.6. The van der Waals surface area contributed by atoms with Gasteiger partial charge in [-0.25, -0.2) is 4.79 Å². The highest BCUT2D eigenvalue weighted by Crippen LogP contribution is 2.22. The van der Waals surface area contributed by atoms with E-state index < -0.39 is 22.9 Å². The molecule has 1 amide bonds.